The Morgan fingerprint density at radius 3 is 2.46 bits per heavy atom. The first-order chi connectivity index (χ1) is 6.08. The van der Waals surface area contributed by atoms with E-state index in [9.17, 15) is 8.78 Å². The maximum atomic E-state index is 11.8. The predicted molar refractivity (Wildman–Crippen MR) is 49.1 cm³/mol. The number of halogens is 2. The van der Waals surface area contributed by atoms with Crippen molar-refractivity contribution < 1.29 is 8.78 Å². The number of hydrogen-bond acceptors (Lipinski definition) is 2. The van der Waals surface area contributed by atoms with Gasteiger partial charge in [0.2, 0.25) is 0 Å². The van der Waals surface area contributed by atoms with E-state index in [2.05, 4.69) is 24.1 Å². The molecular formula is C9H18F2N2. The van der Waals surface area contributed by atoms with Gasteiger partial charge in [-0.25, -0.2) is 8.78 Å². The molecule has 1 aliphatic heterocycles. The number of likely N-dealkylation sites (tertiary alicyclic amines) is 1. The van der Waals surface area contributed by atoms with Crippen LogP contribution in [0.3, 0.4) is 0 Å². The van der Waals surface area contributed by atoms with Crippen LogP contribution in [0.1, 0.15) is 13.8 Å². The van der Waals surface area contributed by atoms with Crippen LogP contribution in [-0.4, -0.2) is 43.5 Å². The molecule has 0 bridgehead atoms. The van der Waals surface area contributed by atoms with Crippen LogP contribution in [0.4, 0.5) is 8.78 Å². The summed E-state index contributed by atoms with van der Waals surface area (Å²) in [5.41, 5.74) is 0. The van der Waals surface area contributed by atoms with E-state index in [1.165, 1.54) is 0 Å². The van der Waals surface area contributed by atoms with Gasteiger partial charge in [-0.1, -0.05) is 13.8 Å². The summed E-state index contributed by atoms with van der Waals surface area (Å²) in [6.45, 7) is 7.09. The molecule has 78 valence electrons. The van der Waals surface area contributed by atoms with Crippen LogP contribution < -0.4 is 5.32 Å². The molecule has 1 rings (SSSR count). The first kappa shape index (κ1) is 10.9. The van der Waals surface area contributed by atoms with Crippen LogP contribution in [0.2, 0.25) is 0 Å². The summed E-state index contributed by atoms with van der Waals surface area (Å²) < 4.78 is 23.6. The molecule has 1 aliphatic rings. The Hall–Kier alpha value is -0.220. The lowest BCUT2D eigenvalue weighted by atomic mass is 10.1. The summed E-state index contributed by atoms with van der Waals surface area (Å²) in [5, 5.41) is 2.83. The molecule has 1 fully saturated rings. The summed E-state index contributed by atoms with van der Waals surface area (Å²) in [4.78, 5) is 2.29. The van der Waals surface area contributed by atoms with Gasteiger partial charge in [-0.2, -0.15) is 0 Å². The van der Waals surface area contributed by atoms with E-state index in [1.807, 2.05) is 0 Å². The summed E-state index contributed by atoms with van der Waals surface area (Å²) in [5.74, 6) is 0.663. The van der Waals surface area contributed by atoms with Gasteiger partial charge in [0.1, 0.15) is 0 Å². The van der Waals surface area contributed by atoms with Gasteiger partial charge in [-0.15, -0.1) is 0 Å². The molecule has 1 heterocycles. The fourth-order valence-corrected chi connectivity index (χ4v) is 1.62. The monoisotopic (exact) mass is 192 g/mol. The maximum absolute atomic E-state index is 11.8. The minimum absolute atomic E-state index is 0.166. The van der Waals surface area contributed by atoms with Gasteiger partial charge in [-0.05, 0) is 5.92 Å². The highest BCUT2D eigenvalue weighted by Crippen LogP contribution is 2.10. The first-order valence-corrected chi connectivity index (χ1v) is 4.82. The lowest BCUT2D eigenvalue weighted by Crippen LogP contribution is -2.59. The third-order valence-corrected chi connectivity index (χ3v) is 2.14. The average molecular weight is 192 g/mol. The molecule has 0 atom stereocenters. The molecule has 0 unspecified atom stereocenters. The van der Waals surface area contributed by atoms with Crippen LogP contribution >= 0.6 is 0 Å². The Morgan fingerprint density at radius 2 is 2.00 bits per heavy atom. The second kappa shape index (κ2) is 4.86. The zero-order valence-electron chi connectivity index (χ0n) is 8.26. The summed E-state index contributed by atoms with van der Waals surface area (Å²) >= 11 is 0. The van der Waals surface area contributed by atoms with Crippen LogP contribution in [0.5, 0.6) is 0 Å². The highest BCUT2D eigenvalue weighted by atomic mass is 19.3. The third-order valence-electron chi connectivity index (χ3n) is 2.14. The lowest BCUT2D eigenvalue weighted by Gasteiger charge is -2.40. The molecule has 0 amide bonds. The SMILES string of the molecule is CC(C)CN1CC(NCC(F)F)C1. The van der Waals surface area contributed by atoms with Crippen molar-refractivity contribution >= 4 is 0 Å². The van der Waals surface area contributed by atoms with Crippen molar-refractivity contribution in [1.29, 1.82) is 0 Å². The fourth-order valence-electron chi connectivity index (χ4n) is 1.62. The summed E-state index contributed by atoms with van der Waals surface area (Å²) in [6.07, 6.45) is -2.22. The van der Waals surface area contributed by atoms with Crippen LogP contribution in [0.15, 0.2) is 0 Å². The summed E-state index contributed by atoms with van der Waals surface area (Å²) in [6, 6.07) is 0.285. The van der Waals surface area contributed by atoms with Gasteiger partial charge < -0.3 is 5.32 Å². The molecular weight excluding hydrogens is 174 g/mol. The van der Waals surface area contributed by atoms with Crippen LogP contribution in [-0.2, 0) is 0 Å². The lowest BCUT2D eigenvalue weighted by molar-refractivity contribution is 0.0861. The molecule has 0 saturated carbocycles. The minimum atomic E-state index is -2.22. The highest BCUT2D eigenvalue weighted by molar-refractivity contribution is 4.86. The van der Waals surface area contributed by atoms with Crippen molar-refractivity contribution in [2.24, 2.45) is 5.92 Å². The Morgan fingerprint density at radius 1 is 1.38 bits per heavy atom. The average Bonchev–Trinajstić information content (AvgIpc) is 1.92. The molecule has 0 spiro atoms. The third kappa shape index (κ3) is 4.00. The van der Waals surface area contributed by atoms with Crippen LogP contribution in [0, 0.1) is 5.92 Å². The number of alkyl halides is 2. The van der Waals surface area contributed by atoms with E-state index in [4.69, 9.17) is 0 Å². The quantitative estimate of drug-likeness (QED) is 0.703. The largest absolute Gasteiger partial charge is 0.306 e. The maximum Gasteiger partial charge on any atom is 0.250 e. The van der Waals surface area contributed by atoms with Crippen molar-refractivity contribution in [1.82, 2.24) is 10.2 Å². The number of nitrogens with zero attached hydrogens (tertiary/aromatic N) is 1. The minimum Gasteiger partial charge on any atom is -0.306 e. The van der Waals surface area contributed by atoms with E-state index in [0.717, 1.165) is 19.6 Å². The number of rotatable bonds is 5. The Balaban J connectivity index is 1.98. The molecule has 1 saturated heterocycles. The zero-order chi connectivity index (χ0) is 9.84. The van der Waals surface area contributed by atoms with Gasteiger partial charge in [0.25, 0.3) is 6.43 Å². The Labute approximate surface area is 78.3 Å². The Bertz CT molecular complexity index is 145. The summed E-state index contributed by atoms with van der Waals surface area (Å²) in [7, 11) is 0. The Kier molecular flexibility index (Phi) is 4.06. The van der Waals surface area contributed by atoms with E-state index >= 15 is 0 Å². The van der Waals surface area contributed by atoms with Crippen molar-refractivity contribution in [3.05, 3.63) is 0 Å². The number of nitrogens with one attached hydrogen (secondary N) is 1. The second-order valence-electron chi connectivity index (χ2n) is 4.11. The van der Waals surface area contributed by atoms with Gasteiger partial charge in [0, 0.05) is 25.7 Å². The topological polar surface area (TPSA) is 15.3 Å². The molecule has 0 aliphatic carbocycles. The molecule has 0 radical (unpaired) electrons. The first-order valence-electron chi connectivity index (χ1n) is 4.82. The molecule has 2 nitrogen and oxygen atoms in total. The number of hydrogen-bond donors (Lipinski definition) is 1. The fraction of sp³-hybridized carbons (Fsp3) is 1.00. The molecule has 13 heavy (non-hydrogen) atoms. The van der Waals surface area contributed by atoms with E-state index in [0.29, 0.717) is 5.92 Å². The molecule has 4 heteroatoms. The van der Waals surface area contributed by atoms with E-state index < -0.39 is 6.43 Å². The predicted octanol–water partition coefficient (Wildman–Crippen LogP) is 1.18. The van der Waals surface area contributed by atoms with E-state index in [-0.39, 0.29) is 12.6 Å². The standard InChI is InChI=1S/C9H18F2N2/c1-7(2)4-13-5-8(6-13)12-3-9(10)11/h7-9,12H,3-6H2,1-2H3. The highest BCUT2D eigenvalue weighted by Gasteiger charge is 2.26. The van der Waals surface area contributed by atoms with Crippen molar-refractivity contribution in [3.8, 4) is 0 Å². The van der Waals surface area contributed by atoms with Gasteiger partial charge in [0.05, 0.1) is 6.54 Å². The zero-order valence-corrected chi connectivity index (χ0v) is 8.26. The van der Waals surface area contributed by atoms with Crippen molar-refractivity contribution in [3.63, 3.8) is 0 Å². The molecule has 0 aromatic heterocycles. The normalized spacial score (nSPS) is 19.8. The smallest absolute Gasteiger partial charge is 0.250 e. The van der Waals surface area contributed by atoms with Crippen LogP contribution in [0.25, 0.3) is 0 Å². The van der Waals surface area contributed by atoms with Gasteiger partial charge in [-0.3, -0.25) is 4.90 Å². The van der Waals surface area contributed by atoms with Gasteiger partial charge in [0.15, 0.2) is 0 Å². The van der Waals surface area contributed by atoms with Crippen molar-refractivity contribution in [2.75, 3.05) is 26.2 Å². The van der Waals surface area contributed by atoms with Crippen molar-refractivity contribution in [2.45, 2.75) is 26.3 Å². The van der Waals surface area contributed by atoms with Gasteiger partial charge >= 0.3 is 0 Å². The molecule has 1 N–H and O–H groups in total. The van der Waals surface area contributed by atoms with E-state index in [1.54, 1.807) is 0 Å². The molecule has 0 aromatic rings. The second-order valence-corrected chi connectivity index (χ2v) is 4.11. The molecule has 0 aromatic carbocycles.